The molecule has 0 radical (unpaired) electrons. The van der Waals surface area contributed by atoms with Gasteiger partial charge in [-0.2, -0.15) is 0 Å². The predicted molar refractivity (Wildman–Crippen MR) is 108 cm³/mol. The first kappa shape index (κ1) is 17.7. The third kappa shape index (κ3) is 3.69. The smallest absolute Gasteiger partial charge is 0.271 e. The van der Waals surface area contributed by atoms with Gasteiger partial charge in [-0.15, -0.1) is 0 Å². The molecular weight excluding hydrogens is 374 g/mol. The van der Waals surface area contributed by atoms with E-state index in [1.165, 1.54) is 24.3 Å². The summed E-state index contributed by atoms with van der Waals surface area (Å²) in [5.41, 5.74) is 13.1. The molecule has 0 spiro atoms. The van der Waals surface area contributed by atoms with Crippen LogP contribution in [0.25, 0.3) is 10.9 Å². The van der Waals surface area contributed by atoms with Gasteiger partial charge in [0.25, 0.3) is 5.91 Å². The van der Waals surface area contributed by atoms with Gasteiger partial charge in [-0.05, 0) is 24.3 Å². The van der Waals surface area contributed by atoms with Gasteiger partial charge in [-0.3, -0.25) is 25.6 Å². The normalized spacial score (nSPS) is 10.6. The fourth-order valence-corrected chi connectivity index (χ4v) is 3.44. The van der Waals surface area contributed by atoms with Crippen molar-refractivity contribution in [1.82, 2.24) is 25.4 Å². The number of carbonyl (C=O) groups excluding carboxylic acids is 1. The Morgan fingerprint density at radius 1 is 1.00 bits per heavy atom. The number of nitrogens with two attached hydrogens (primary N) is 1. The number of hydrogen-bond acceptors (Lipinski definition) is 8. The molecule has 4 aromatic rings. The molecule has 4 N–H and O–H groups in total. The second-order valence-electron chi connectivity index (χ2n) is 5.70. The van der Waals surface area contributed by atoms with Crippen molar-refractivity contribution in [2.75, 3.05) is 11.2 Å². The quantitative estimate of drug-likeness (QED) is 0.352. The van der Waals surface area contributed by atoms with Crippen LogP contribution in [-0.2, 0) is 0 Å². The number of anilines is 2. The zero-order chi connectivity index (χ0) is 19.3. The summed E-state index contributed by atoms with van der Waals surface area (Å²) in [6, 6.07) is 13.1. The van der Waals surface area contributed by atoms with Crippen LogP contribution < -0.4 is 16.6 Å². The maximum Gasteiger partial charge on any atom is 0.271 e. The molecular formula is C19H15N7OS. The number of nitrogen functional groups attached to an aromatic ring is 1. The van der Waals surface area contributed by atoms with Crippen molar-refractivity contribution in [1.29, 1.82) is 0 Å². The minimum absolute atomic E-state index is 0.308. The summed E-state index contributed by atoms with van der Waals surface area (Å²) in [5.74, 6) is -0.0403. The van der Waals surface area contributed by atoms with E-state index in [4.69, 9.17) is 5.73 Å². The van der Waals surface area contributed by atoms with Gasteiger partial charge in [-0.25, -0.2) is 9.97 Å². The molecule has 4 rings (SSSR count). The average Bonchev–Trinajstić information content (AvgIpc) is 2.75. The molecule has 1 aromatic carbocycles. The Labute approximate surface area is 164 Å². The van der Waals surface area contributed by atoms with Gasteiger partial charge in [0.1, 0.15) is 17.0 Å². The van der Waals surface area contributed by atoms with Gasteiger partial charge in [0.05, 0.1) is 11.1 Å². The Balaban J connectivity index is 1.54. The predicted octanol–water partition coefficient (Wildman–Crippen LogP) is 2.91. The zero-order valence-corrected chi connectivity index (χ0v) is 15.4. The number of nitrogens with one attached hydrogen (secondary N) is 2. The summed E-state index contributed by atoms with van der Waals surface area (Å²) in [6.45, 7) is 0. The zero-order valence-electron chi connectivity index (χ0n) is 14.5. The van der Waals surface area contributed by atoms with E-state index < -0.39 is 0 Å². The second kappa shape index (κ2) is 7.89. The number of rotatable bonds is 5. The highest BCUT2D eigenvalue weighted by atomic mass is 32.2. The lowest BCUT2D eigenvalue weighted by Gasteiger charge is -2.12. The lowest BCUT2D eigenvalue weighted by atomic mass is 10.2. The lowest BCUT2D eigenvalue weighted by molar-refractivity contribution is 0.0962. The molecule has 3 aromatic heterocycles. The van der Waals surface area contributed by atoms with Crippen molar-refractivity contribution in [3.63, 3.8) is 0 Å². The number of amides is 1. The number of nitrogens with zero attached hydrogens (tertiary/aromatic N) is 4. The van der Waals surface area contributed by atoms with Gasteiger partial charge >= 0.3 is 0 Å². The molecule has 0 aliphatic rings. The molecule has 0 saturated heterocycles. The van der Waals surface area contributed by atoms with Gasteiger partial charge in [0.2, 0.25) is 0 Å². The topological polar surface area (TPSA) is 119 Å². The summed E-state index contributed by atoms with van der Waals surface area (Å²) >= 11 is 1.39. The first-order valence-corrected chi connectivity index (χ1v) is 9.12. The van der Waals surface area contributed by atoms with E-state index in [0.29, 0.717) is 22.1 Å². The molecule has 0 saturated carbocycles. The Kier molecular flexibility index (Phi) is 4.98. The van der Waals surface area contributed by atoms with Crippen LogP contribution in [0.5, 0.6) is 0 Å². The lowest BCUT2D eigenvalue weighted by Crippen LogP contribution is -2.30. The molecule has 0 bridgehead atoms. The number of hydrazine groups is 1. The van der Waals surface area contributed by atoms with Crippen LogP contribution in [0.4, 0.5) is 11.5 Å². The molecule has 0 atom stereocenters. The Bertz CT molecular complexity index is 1130. The fourth-order valence-electron chi connectivity index (χ4n) is 2.51. The molecule has 0 aliphatic heterocycles. The summed E-state index contributed by atoms with van der Waals surface area (Å²) < 4.78 is 0. The third-order valence-corrected chi connectivity index (χ3v) is 4.94. The van der Waals surface area contributed by atoms with E-state index in [2.05, 4.69) is 30.8 Å². The Morgan fingerprint density at radius 2 is 1.86 bits per heavy atom. The standard InChI is InChI=1S/C19H15N7OS/c20-15-17(25-26-18(27)13-6-2-8-21-10-13)23-11-24-19(15)28-14-7-1-4-12-5-3-9-22-16(12)14/h1-11H,20H2,(H,26,27)(H,23,24,25). The van der Waals surface area contributed by atoms with Gasteiger partial charge in [0.15, 0.2) is 5.82 Å². The molecule has 0 unspecified atom stereocenters. The number of benzene rings is 1. The molecule has 28 heavy (non-hydrogen) atoms. The highest BCUT2D eigenvalue weighted by molar-refractivity contribution is 7.99. The maximum absolute atomic E-state index is 12.1. The molecule has 1 amide bonds. The van der Waals surface area contributed by atoms with Crippen LogP contribution >= 0.6 is 11.8 Å². The van der Waals surface area contributed by atoms with E-state index in [1.54, 1.807) is 24.5 Å². The molecule has 3 heterocycles. The van der Waals surface area contributed by atoms with Crippen LogP contribution in [0.15, 0.2) is 77.3 Å². The van der Waals surface area contributed by atoms with Crippen LogP contribution in [0, 0.1) is 0 Å². The van der Waals surface area contributed by atoms with E-state index in [9.17, 15) is 4.79 Å². The SMILES string of the molecule is Nc1c(NNC(=O)c2cccnc2)ncnc1Sc1cccc2cccnc12. The molecule has 0 aliphatic carbocycles. The van der Waals surface area contributed by atoms with Crippen LogP contribution in [0.3, 0.4) is 0 Å². The molecule has 138 valence electrons. The minimum Gasteiger partial charge on any atom is -0.393 e. The molecule has 8 nitrogen and oxygen atoms in total. The fraction of sp³-hybridized carbons (Fsp3) is 0. The molecule has 0 fully saturated rings. The number of pyridine rings is 2. The van der Waals surface area contributed by atoms with E-state index in [-0.39, 0.29) is 5.91 Å². The minimum atomic E-state index is -0.349. The van der Waals surface area contributed by atoms with Crippen LogP contribution in [0.1, 0.15) is 10.4 Å². The van der Waals surface area contributed by atoms with Crippen LogP contribution in [-0.4, -0.2) is 25.8 Å². The summed E-state index contributed by atoms with van der Waals surface area (Å²) in [4.78, 5) is 29.8. The Morgan fingerprint density at radius 3 is 2.71 bits per heavy atom. The largest absolute Gasteiger partial charge is 0.393 e. The van der Waals surface area contributed by atoms with Gasteiger partial charge in [-0.1, -0.05) is 30.0 Å². The Hall–Kier alpha value is -3.72. The van der Waals surface area contributed by atoms with Crippen molar-refractivity contribution < 1.29 is 4.79 Å². The van der Waals surface area contributed by atoms with Gasteiger partial charge < -0.3 is 5.73 Å². The van der Waals surface area contributed by atoms with Gasteiger partial charge in [0, 0.05) is 28.9 Å². The monoisotopic (exact) mass is 389 g/mol. The number of hydrogen-bond donors (Lipinski definition) is 3. The summed E-state index contributed by atoms with van der Waals surface area (Å²) in [6.07, 6.45) is 6.19. The number of carbonyl (C=O) groups is 1. The first-order chi connectivity index (χ1) is 13.7. The average molecular weight is 389 g/mol. The van der Waals surface area contributed by atoms with Crippen molar-refractivity contribution in [3.05, 3.63) is 72.9 Å². The summed E-state index contributed by atoms with van der Waals surface area (Å²) in [7, 11) is 0. The first-order valence-electron chi connectivity index (χ1n) is 8.31. The maximum atomic E-state index is 12.1. The third-order valence-electron chi connectivity index (χ3n) is 3.87. The van der Waals surface area contributed by atoms with Crippen LogP contribution in [0.2, 0.25) is 0 Å². The highest BCUT2D eigenvalue weighted by Crippen LogP contribution is 2.35. The van der Waals surface area contributed by atoms with Crippen molar-refractivity contribution in [2.24, 2.45) is 0 Å². The van der Waals surface area contributed by atoms with E-state index in [1.807, 2.05) is 30.3 Å². The van der Waals surface area contributed by atoms with E-state index in [0.717, 1.165) is 15.8 Å². The summed E-state index contributed by atoms with van der Waals surface area (Å²) in [5, 5.41) is 1.59. The van der Waals surface area contributed by atoms with Crippen molar-refractivity contribution in [3.8, 4) is 0 Å². The van der Waals surface area contributed by atoms with E-state index >= 15 is 0 Å². The highest BCUT2D eigenvalue weighted by Gasteiger charge is 2.13. The number of aromatic nitrogens is 4. The number of para-hydroxylation sites is 1. The second-order valence-corrected chi connectivity index (χ2v) is 6.73. The number of fused-ring (bicyclic) bond motifs is 1. The van der Waals surface area contributed by atoms with Crippen molar-refractivity contribution in [2.45, 2.75) is 9.92 Å². The van der Waals surface area contributed by atoms with Crippen molar-refractivity contribution >= 4 is 40.1 Å². The molecule has 9 heteroatoms.